The summed E-state index contributed by atoms with van der Waals surface area (Å²) in [6, 6.07) is 13.2. The quantitative estimate of drug-likeness (QED) is 0.145. The number of thiophene rings is 1. The van der Waals surface area contributed by atoms with Crippen LogP contribution in [0.2, 0.25) is 0 Å². The van der Waals surface area contributed by atoms with E-state index in [0.29, 0.717) is 4.88 Å². The van der Waals surface area contributed by atoms with Gasteiger partial charge in [0.25, 0.3) is 0 Å². The molecule has 208 valence electrons. The van der Waals surface area contributed by atoms with Gasteiger partial charge in [-0.25, -0.2) is 17.6 Å². The van der Waals surface area contributed by atoms with E-state index in [1.54, 1.807) is 12.2 Å². The van der Waals surface area contributed by atoms with Crippen LogP contribution in [-0.2, 0) is 6.18 Å². The average molecular weight is 578 g/mol. The fourth-order valence-corrected chi connectivity index (χ4v) is 5.04. The van der Waals surface area contributed by atoms with Crippen molar-refractivity contribution in [3.8, 4) is 12.1 Å². The molecule has 0 amide bonds. The predicted octanol–water partition coefficient (Wildman–Crippen LogP) is 8.97. The van der Waals surface area contributed by atoms with E-state index in [9.17, 15) is 41.3 Å². The highest BCUT2D eigenvalue weighted by Crippen LogP contribution is 2.42. The topological polar surface area (TPSA) is 50.8 Å². The molecule has 1 heterocycles. The van der Waals surface area contributed by atoms with E-state index in [4.69, 9.17) is 0 Å². The minimum absolute atomic E-state index is 0.153. The van der Waals surface area contributed by atoms with Crippen LogP contribution in [0.3, 0.4) is 0 Å². The highest BCUT2D eigenvalue weighted by atomic mass is 32.1. The third-order valence-corrected chi connectivity index (χ3v) is 6.90. The maximum Gasteiger partial charge on any atom is 0.422 e. The van der Waals surface area contributed by atoms with Gasteiger partial charge in [0.1, 0.15) is 23.3 Å². The molecule has 3 nitrogen and oxygen atoms in total. The minimum atomic E-state index is -5.73. The number of anilines is 1. The number of hydrogen-bond donors (Lipinski definition) is 0. The molecule has 0 aliphatic carbocycles. The molecule has 3 rings (SSSR count). The summed E-state index contributed by atoms with van der Waals surface area (Å²) in [6.45, 7) is 6.02. The van der Waals surface area contributed by atoms with Crippen LogP contribution in [0.1, 0.15) is 53.1 Å². The van der Waals surface area contributed by atoms with Gasteiger partial charge in [-0.3, -0.25) is 0 Å². The zero-order valence-electron chi connectivity index (χ0n) is 21.3. The van der Waals surface area contributed by atoms with Crippen molar-refractivity contribution in [3.63, 3.8) is 0 Å². The molecule has 0 fully saturated rings. The second kappa shape index (κ2) is 12.8. The van der Waals surface area contributed by atoms with Crippen molar-refractivity contribution in [2.75, 3.05) is 18.0 Å². The molecule has 0 aliphatic heterocycles. The molecular weight excluding hydrogens is 555 g/mol. The highest BCUT2D eigenvalue weighted by Gasteiger charge is 2.43. The average Bonchev–Trinajstić information content (AvgIpc) is 3.38. The van der Waals surface area contributed by atoms with E-state index in [1.165, 1.54) is 24.3 Å². The van der Waals surface area contributed by atoms with Crippen LogP contribution >= 0.6 is 11.3 Å². The van der Waals surface area contributed by atoms with Gasteiger partial charge in [0, 0.05) is 34.1 Å². The summed E-state index contributed by atoms with van der Waals surface area (Å²) in [5, 5.41) is 18.7. The van der Waals surface area contributed by atoms with Crippen molar-refractivity contribution in [1.82, 2.24) is 0 Å². The lowest BCUT2D eigenvalue weighted by Crippen LogP contribution is -2.24. The van der Waals surface area contributed by atoms with Gasteiger partial charge in [0.05, 0.1) is 5.56 Å². The van der Waals surface area contributed by atoms with Crippen molar-refractivity contribution in [2.45, 2.75) is 32.9 Å². The second-order valence-corrected chi connectivity index (χ2v) is 9.71. The lowest BCUT2D eigenvalue weighted by Gasteiger charge is -2.23. The van der Waals surface area contributed by atoms with E-state index in [-0.39, 0.29) is 4.88 Å². The summed E-state index contributed by atoms with van der Waals surface area (Å²) in [6.07, 6.45) is -0.360. The number of hydrogen-bond acceptors (Lipinski definition) is 4. The molecule has 0 unspecified atom stereocenters. The number of nitriles is 2. The van der Waals surface area contributed by atoms with E-state index < -0.39 is 51.7 Å². The molecular formula is C29H22F7N3S. The Morgan fingerprint density at radius 1 is 0.825 bits per heavy atom. The number of alkyl halides is 3. The zero-order valence-corrected chi connectivity index (χ0v) is 22.2. The van der Waals surface area contributed by atoms with Crippen LogP contribution in [0.25, 0.3) is 17.7 Å². The smallest absolute Gasteiger partial charge is 0.372 e. The Morgan fingerprint density at radius 2 is 1.38 bits per heavy atom. The summed E-state index contributed by atoms with van der Waals surface area (Å²) in [7, 11) is 0. The second-order valence-electron chi connectivity index (χ2n) is 8.59. The van der Waals surface area contributed by atoms with Gasteiger partial charge in [-0.05, 0) is 48.7 Å². The maximum atomic E-state index is 14.8. The summed E-state index contributed by atoms with van der Waals surface area (Å²) in [4.78, 5) is 2.58. The van der Waals surface area contributed by atoms with E-state index in [2.05, 4.69) is 18.7 Å². The number of rotatable bonds is 9. The zero-order chi connectivity index (χ0) is 29.6. The maximum absolute atomic E-state index is 14.8. The fourth-order valence-electron chi connectivity index (χ4n) is 4.07. The Balaban J connectivity index is 2.03. The first-order valence-electron chi connectivity index (χ1n) is 12.1. The molecule has 0 bridgehead atoms. The Labute approximate surface area is 230 Å². The Hall–Kier alpha value is -4.09. The largest absolute Gasteiger partial charge is 0.422 e. The number of nitrogens with zero attached hydrogens (tertiary/aromatic N) is 3. The van der Waals surface area contributed by atoms with Crippen molar-refractivity contribution in [3.05, 3.63) is 91.7 Å². The van der Waals surface area contributed by atoms with E-state index >= 15 is 0 Å². The number of benzene rings is 2. The van der Waals surface area contributed by atoms with Crippen LogP contribution in [-0.4, -0.2) is 13.1 Å². The third-order valence-electron chi connectivity index (χ3n) is 5.83. The molecule has 1 aromatic heterocycles. The molecule has 0 radical (unpaired) electrons. The van der Waals surface area contributed by atoms with Gasteiger partial charge in [0.15, 0.2) is 23.3 Å². The molecule has 0 spiro atoms. The van der Waals surface area contributed by atoms with Gasteiger partial charge in [-0.1, -0.05) is 32.1 Å². The van der Waals surface area contributed by atoms with Gasteiger partial charge < -0.3 is 4.90 Å². The van der Waals surface area contributed by atoms with Gasteiger partial charge in [-0.2, -0.15) is 23.7 Å². The van der Waals surface area contributed by atoms with Gasteiger partial charge in [-0.15, -0.1) is 11.3 Å². The minimum Gasteiger partial charge on any atom is -0.372 e. The lowest BCUT2D eigenvalue weighted by molar-refractivity contribution is -0.143. The van der Waals surface area contributed by atoms with Gasteiger partial charge >= 0.3 is 6.18 Å². The molecule has 3 aromatic rings. The third kappa shape index (κ3) is 6.37. The van der Waals surface area contributed by atoms with E-state index in [0.717, 1.165) is 48.5 Å². The number of halogens is 7. The summed E-state index contributed by atoms with van der Waals surface area (Å²) >= 11 is 0.819. The van der Waals surface area contributed by atoms with Crippen LogP contribution in [0.15, 0.2) is 42.0 Å². The molecule has 0 saturated carbocycles. The molecule has 11 heteroatoms. The summed E-state index contributed by atoms with van der Waals surface area (Å²) < 4.78 is 97.4. The molecule has 40 heavy (non-hydrogen) atoms. The Morgan fingerprint density at radius 3 is 1.85 bits per heavy atom. The van der Waals surface area contributed by atoms with Crippen LogP contribution < -0.4 is 4.90 Å². The van der Waals surface area contributed by atoms with Crippen molar-refractivity contribution >= 4 is 34.7 Å². The van der Waals surface area contributed by atoms with Crippen molar-refractivity contribution in [1.29, 1.82) is 10.5 Å². The van der Waals surface area contributed by atoms with Crippen LogP contribution in [0.4, 0.5) is 36.4 Å². The summed E-state index contributed by atoms with van der Waals surface area (Å²) in [5.74, 6) is -10.1. The summed E-state index contributed by atoms with van der Waals surface area (Å²) in [5.41, 5.74) is -4.22. The van der Waals surface area contributed by atoms with E-state index in [1.807, 2.05) is 24.3 Å². The molecule has 0 aliphatic rings. The highest BCUT2D eigenvalue weighted by molar-refractivity contribution is 7.14. The number of allylic oxidation sites excluding steroid dienone is 1. The first-order valence-corrected chi connectivity index (χ1v) is 12.9. The fraction of sp³-hybridized carbons (Fsp3) is 0.241. The monoisotopic (exact) mass is 577 g/mol. The molecule has 2 aromatic carbocycles. The van der Waals surface area contributed by atoms with Crippen LogP contribution in [0, 0.1) is 45.9 Å². The van der Waals surface area contributed by atoms with Gasteiger partial charge in [0.2, 0.25) is 0 Å². The first kappa shape index (κ1) is 30.5. The lowest BCUT2D eigenvalue weighted by atomic mass is 9.96. The first-order chi connectivity index (χ1) is 19.0. The Bertz CT molecular complexity index is 1470. The van der Waals surface area contributed by atoms with Crippen LogP contribution in [0.5, 0.6) is 0 Å². The standard InChI is InChI=1S/C29H22F7N3S/c1-3-13-39(14-4-2)19-8-5-17(6-9-19)7-10-20-11-12-21(40-20)22(18(15-37)16-38)23-25(30)27(32)24(29(34,35)36)28(33)26(23)31/h5-12H,3-4,13-14H2,1-2H3/b10-7+. The normalized spacial score (nSPS) is 11.4. The molecule has 0 N–H and O–H groups in total. The molecule has 0 atom stereocenters. The predicted molar refractivity (Wildman–Crippen MR) is 141 cm³/mol. The van der Waals surface area contributed by atoms with Crippen molar-refractivity contribution in [2.24, 2.45) is 0 Å². The van der Waals surface area contributed by atoms with Crippen molar-refractivity contribution < 1.29 is 30.7 Å². The SMILES string of the molecule is CCCN(CCC)c1ccc(/C=C/c2ccc(C(=C(C#N)C#N)c3c(F)c(F)c(C(F)(F)F)c(F)c3F)s2)cc1. The molecule has 0 saturated heterocycles. The Kier molecular flexibility index (Phi) is 9.78.